The first kappa shape index (κ1) is 12.2. The molecule has 1 heterocycles. The Balaban J connectivity index is 2.63. The first-order valence-corrected chi connectivity index (χ1v) is 5.66. The number of hydrogen-bond acceptors (Lipinski definition) is 3. The van der Waals surface area contributed by atoms with E-state index in [-0.39, 0.29) is 0 Å². The van der Waals surface area contributed by atoms with Gasteiger partial charge in [0.2, 0.25) is 0 Å². The molecule has 2 N–H and O–H groups in total. The summed E-state index contributed by atoms with van der Waals surface area (Å²) in [7, 11) is 0. The van der Waals surface area contributed by atoms with Crippen molar-refractivity contribution in [2.75, 3.05) is 19.6 Å². The minimum absolute atomic E-state index is 0.436. The minimum atomic E-state index is 0.436. The highest BCUT2D eigenvalue weighted by atomic mass is 15.2. The Kier molecular flexibility index (Phi) is 4.78. The van der Waals surface area contributed by atoms with Gasteiger partial charge in [0.25, 0.3) is 0 Å². The Bertz CT molecular complexity index is 278. The lowest BCUT2D eigenvalue weighted by Crippen LogP contribution is -2.30. The Morgan fingerprint density at radius 3 is 2.67 bits per heavy atom. The largest absolute Gasteiger partial charge is 0.329 e. The molecule has 15 heavy (non-hydrogen) atoms. The van der Waals surface area contributed by atoms with Crippen LogP contribution in [0.15, 0.2) is 12.5 Å². The van der Waals surface area contributed by atoms with Crippen molar-refractivity contribution in [1.82, 2.24) is 14.5 Å². The van der Waals surface area contributed by atoms with Gasteiger partial charge in [0.05, 0.1) is 12.0 Å². The van der Waals surface area contributed by atoms with Gasteiger partial charge in [-0.2, -0.15) is 0 Å². The summed E-state index contributed by atoms with van der Waals surface area (Å²) in [4.78, 5) is 6.55. The van der Waals surface area contributed by atoms with Crippen LogP contribution in [0.5, 0.6) is 0 Å². The molecule has 0 bridgehead atoms. The molecular weight excluding hydrogens is 188 g/mol. The standard InChI is InChI=1S/C11H22N4/c1-4-14(5-2)8-10(3)15-9-13-7-11(15)6-12/h7,9-10H,4-6,8,12H2,1-3H3. The molecule has 0 aromatic carbocycles. The van der Waals surface area contributed by atoms with E-state index in [0.717, 1.165) is 25.3 Å². The summed E-state index contributed by atoms with van der Waals surface area (Å²) in [5.74, 6) is 0. The van der Waals surface area contributed by atoms with E-state index in [9.17, 15) is 0 Å². The van der Waals surface area contributed by atoms with Gasteiger partial charge >= 0.3 is 0 Å². The van der Waals surface area contributed by atoms with E-state index < -0.39 is 0 Å². The van der Waals surface area contributed by atoms with E-state index in [4.69, 9.17) is 5.73 Å². The average molecular weight is 210 g/mol. The van der Waals surface area contributed by atoms with Crippen molar-refractivity contribution in [1.29, 1.82) is 0 Å². The molecule has 0 fully saturated rings. The van der Waals surface area contributed by atoms with E-state index in [1.807, 2.05) is 12.5 Å². The summed E-state index contributed by atoms with van der Waals surface area (Å²) in [5.41, 5.74) is 6.76. The summed E-state index contributed by atoms with van der Waals surface area (Å²) in [6.45, 7) is 10.4. The quantitative estimate of drug-likeness (QED) is 0.768. The Morgan fingerprint density at radius 1 is 1.47 bits per heavy atom. The maximum Gasteiger partial charge on any atom is 0.0951 e. The summed E-state index contributed by atoms with van der Waals surface area (Å²) in [6.07, 6.45) is 3.72. The van der Waals surface area contributed by atoms with Crippen LogP contribution >= 0.6 is 0 Å². The predicted molar refractivity (Wildman–Crippen MR) is 62.6 cm³/mol. The number of nitrogens with zero attached hydrogens (tertiary/aromatic N) is 3. The summed E-state index contributed by atoms with van der Waals surface area (Å²) in [6, 6.07) is 0.436. The lowest BCUT2D eigenvalue weighted by atomic mass is 10.3. The van der Waals surface area contributed by atoms with Crippen molar-refractivity contribution in [3.05, 3.63) is 18.2 Å². The van der Waals surface area contributed by atoms with Crippen LogP contribution in [0.2, 0.25) is 0 Å². The first-order valence-electron chi connectivity index (χ1n) is 5.66. The average Bonchev–Trinajstić information content (AvgIpc) is 2.73. The van der Waals surface area contributed by atoms with Gasteiger partial charge in [-0.3, -0.25) is 0 Å². The molecule has 4 nitrogen and oxygen atoms in total. The molecule has 1 aromatic rings. The molecule has 1 rings (SSSR count). The number of imidazole rings is 1. The van der Waals surface area contributed by atoms with Crippen LogP contribution in [0.1, 0.15) is 32.5 Å². The zero-order valence-corrected chi connectivity index (χ0v) is 9.98. The molecule has 0 aliphatic rings. The number of nitrogens with two attached hydrogens (primary N) is 1. The number of likely N-dealkylation sites (N-methyl/N-ethyl adjacent to an activating group) is 1. The Morgan fingerprint density at radius 2 is 2.13 bits per heavy atom. The SMILES string of the molecule is CCN(CC)CC(C)n1cncc1CN. The fraction of sp³-hybridized carbons (Fsp3) is 0.727. The Hall–Kier alpha value is -0.870. The molecule has 4 heteroatoms. The molecule has 0 saturated carbocycles. The molecule has 0 amide bonds. The van der Waals surface area contributed by atoms with Gasteiger partial charge in [-0.05, 0) is 20.0 Å². The van der Waals surface area contributed by atoms with Crippen molar-refractivity contribution in [3.63, 3.8) is 0 Å². The first-order chi connectivity index (χ1) is 7.22. The maximum absolute atomic E-state index is 5.65. The molecule has 0 saturated heterocycles. The predicted octanol–water partition coefficient (Wildman–Crippen LogP) is 1.24. The zero-order valence-electron chi connectivity index (χ0n) is 9.98. The van der Waals surface area contributed by atoms with Crippen LogP contribution < -0.4 is 5.73 Å². The maximum atomic E-state index is 5.65. The minimum Gasteiger partial charge on any atom is -0.329 e. The lowest BCUT2D eigenvalue weighted by Gasteiger charge is -2.24. The molecule has 0 aliphatic carbocycles. The highest BCUT2D eigenvalue weighted by Crippen LogP contribution is 2.11. The zero-order chi connectivity index (χ0) is 11.3. The summed E-state index contributed by atoms with van der Waals surface area (Å²) >= 11 is 0. The van der Waals surface area contributed by atoms with Crippen LogP contribution in [0.25, 0.3) is 0 Å². The molecule has 1 unspecified atom stereocenters. The van der Waals surface area contributed by atoms with Crippen LogP contribution in [0.4, 0.5) is 0 Å². The second-order valence-corrected chi connectivity index (χ2v) is 3.83. The van der Waals surface area contributed by atoms with E-state index in [1.165, 1.54) is 0 Å². The van der Waals surface area contributed by atoms with Crippen molar-refractivity contribution in [2.45, 2.75) is 33.4 Å². The van der Waals surface area contributed by atoms with E-state index in [2.05, 4.69) is 35.2 Å². The highest BCUT2D eigenvalue weighted by Gasteiger charge is 2.11. The van der Waals surface area contributed by atoms with Crippen LogP contribution in [-0.2, 0) is 6.54 Å². The van der Waals surface area contributed by atoms with Crippen molar-refractivity contribution in [3.8, 4) is 0 Å². The molecule has 0 spiro atoms. The Labute approximate surface area is 92.1 Å². The van der Waals surface area contributed by atoms with Gasteiger partial charge < -0.3 is 15.2 Å². The smallest absolute Gasteiger partial charge is 0.0951 e. The van der Waals surface area contributed by atoms with Crippen LogP contribution in [0, 0.1) is 0 Å². The second kappa shape index (κ2) is 5.88. The number of hydrogen-bond donors (Lipinski definition) is 1. The van der Waals surface area contributed by atoms with Crippen LogP contribution in [-0.4, -0.2) is 34.1 Å². The third-order valence-electron chi connectivity index (χ3n) is 2.85. The summed E-state index contributed by atoms with van der Waals surface area (Å²) < 4.78 is 2.16. The molecule has 0 radical (unpaired) electrons. The second-order valence-electron chi connectivity index (χ2n) is 3.83. The van der Waals surface area contributed by atoms with E-state index >= 15 is 0 Å². The van der Waals surface area contributed by atoms with Gasteiger partial charge in [0, 0.05) is 25.3 Å². The fourth-order valence-corrected chi connectivity index (χ4v) is 1.83. The van der Waals surface area contributed by atoms with E-state index in [0.29, 0.717) is 12.6 Å². The molecule has 86 valence electrons. The van der Waals surface area contributed by atoms with Gasteiger partial charge in [0.1, 0.15) is 0 Å². The van der Waals surface area contributed by atoms with Crippen LogP contribution in [0.3, 0.4) is 0 Å². The normalized spacial score (nSPS) is 13.4. The van der Waals surface area contributed by atoms with Crippen molar-refractivity contribution < 1.29 is 0 Å². The van der Waals surface area contributed by atoms with Crippen molar-refractivity contribution >= 4 is 0 Å². The monoisotopic (exact) mass is 210 g/mol. The highest BCUT2D eigenvalue weighted by molar-refractivity contribution is 4.99. The van der Waals surface area contributed by atoms with Gasteiger partial charge in [0.15, 0.2) is 0 Å². The van der Waals surface area contributed by atoms with Crippen molar-refractivity contribution in [2.24, 2.45) is 5.73 Å². The number of aromatic nitrogens is 2. The van der Waals surface area contributed by atoms with Gasteiger partial charge in [-0.1, -0.05) is 13.8 Å². The van der Waals surface area contributed by atoms with Gasteiger partial charge in [-0.25, -0.2) is 4.98 Å². The third kappa shape index (κ3) is 3.04. The topological polar surface area (TPSA) is 47.1 Å². The lowest BCUT2D eigenvalue weighted by molar-refractivity contribution is 0.259. The molecule has 0 aliphatic heterocycles. The molecule has 1 aromatic heterocycles. The third-order valence-corrected chi connectivity index (χ3v) is 2.85. The van der Waals surface area contributed by atoms with E-state index in [1.54, 1.807) is 0 Å². The molecule has 1 atom stereocenters. The number of rotatable bonds is 6. The molecular formula is C11H22N4. The fourth-order valence-electron chi connectivity index (χ4n) is 1.83. The van der Waals surface area contributed by atoms with Gasteiger partial charge in [-0.15, -0.1) is 0 Å². The summed E-state index contributed by atoms with van der Waals surface area (Å²) in [5, 5.41) is 0.